The van der Waals surface area contributed by atoms with Gasteiger partial charge in [-0.05, 0) is 13.8 Å². The standard InChI is InChI=1S/C26H22F4GeN.C5H8O2.Ir/c1-16-11-18(12-17-7-5-6-8-20(16)17)25-14-22(24(27)15-32-25)21-10-9-19(31(2,3)4)13-23(21)26(28,29)30;1-4(6)3-5(2)7;/h5-11,13-15H,1-4H3;3,6H,1-2H3;/q-1;;/b;4-3-;. The van der Waals surface area contributed by atoms with Gasteiger partial charge in [-0.25, -0.2) is 0 Å². The van der Waals surface area contributed by atoms with E-state index in [2.05, 4.69) is 11.1 Å². The first kappa shape index (κ1) is 33.4. The molecule has 1 aromatic heterocycles. The fraction of sp³-hybridized carbons (Fsp3) is 0.226. The van der Waals surface area contributed by atoms with Gasteiger partial charge in [0.1, 0.15) is 0 Å². The molecule has 0 saturated heterocycles. The van der Waals surface area contributed by atoms with Crippen LogP contribution in [-0.4, -0.2) is 29.1 Å². The summed E-state index contributed by atoms with van der Waals surface area (Å²) in [7, 11) is 0. The molecule has 0 atom stereocenters. The van der Waals surface area contributed by atoms with Crippen molar-refractivity contribution in [3.8, 4) is 22.4 Å². The second kappa shape index (κ2) is 13.2. The van der Waals surface area contributed by atoms with E-state index in [-0.39, 0.29) is 42.8 Å². The number of benzene rings is 3. The molecule has 0 fully saturated rings. The number of carbonyl (C=O) groups excluding carboxylic acids is 1. The van der Waals surface area contributed by atoms with Crippen LogP contribution in [0.4, 0.5) is 17.6 Å². The minimum absolute atomic E-state index is 0. The van der Waals surface area contributed by atoms with Crippen molar-refractivity contribution in [2.75, 3.05) is 0 Å². The molecule has 3 nitrogen and oxygen atoms in total. The SMILES string of the molecule is CC(=O)/C=C(/C)O.Cc1cc(-c2cc(-c3cc[c]([Ge]([CH3])([CH3])[CH3])cc3C(F)(F)F)c(F)cn2)[c-]c2ccccc12.[Ir]. The third-order valence-corrected chi connectivity index (χ3v) is 10.3. The average Bonchev–Trinajstić information content (AvgIpc) is 2.82. The van der Waals surface area contributed by atoms with Gasteiger partial charge < -0.3 is 5.11 Å². The van der Waals surface area contributed by atoms with Crippen molar-refractivity contribution in [2.45, 2.75) is 44.2 Å². The molecule has 1 N–H and O–H groups in total. The number of aliphatic hydroxyl groups is 1. The van der Waals surface area contributed by atoms with Crippen molar-refractivity contribution >= 4 is 34.2 Å². The zero-order valence-electron chi connectivity index (χ0n) is 23.0. The number of rotatable bonds is 4. The molecule has 213 valence electrons. The Hall–Kier alpha value is -2.81. The molecule has 0 spiro atoms. The maximum atomic E-state index is 14.8. The normalized spacial score (nSPS) is 11.9. The van der Waals surface area contributed by atoms with E-state index in [9.17, 15) is 22.4 Å². The number of halogens is 4. The fourth-order valence-electron chi connectivity index (χ4n) is 4.12. The van der Waals surface area contributed by atoms with Crippen molar-refractivity contribution < 1.29 is 47.6 Å². The molecule has 4 rings (SSSR count). The average molecular weight is 789 g/mol. The summed E-state index contributed by atoms with van der Waals surface area (Å²) in [6.45, 7) is 4.80. The molecular weight excluding hydrogens is 759 g/mol. The number of hydrogen-bond acceptors (Lipinski definition) is 3. The van der Waals surface area contributed by atoms with Crippen molar-refractivity contribution in [1.82, 2.24) is 4.98 Å². The Morgan fingerprint density at radius 1 is 1.00 bits per heavy atom. The molecule has 40 heavy (non-hydrogen) atoms. The summed E-state index contributed by atoms with van der Waals surface area (Å²) in [5.74, 6) is 5.23. The number of alkyl halides is 3. The molecule has 0 unspecified atom stereocenters. The second-order valence-electron chi connectivity index (χ2n) is 10.4. The molecule has 0 amide bonds. The van der Waals surface area contributed by atoms with Gasteiger partial charge in [0.05, 0.1) is 5.76 Å². The first-order valence-corrected chi connectivity index (χ1v) is 19.6. The van der Waals surface area contributed by atoms with Crippen molar-refractivity contribution in [3.63, 3.8) is 0 Å². The van der Waals surface area contributed by atoms with Gasteiger partial charge in [-0.1, -0.05) is 6.07 Å². The topological polar surface area (TPSA) is 50.2 Å². The number of allylic oxidation sites excluding steroid dienone is 2. The molecule has 0 aliphatic carbocycles. The molecule has 9 heteroatoms. The molecule has 0 bridgehead atoms. The minimum atomic E-state index is -4.60. The van der Waals surface area contributed by atoms with Gasteiger partial charge in [0.15, 0.2) is 5.78 Å². The van der Waals surface area contributed by atoms with Crippen LogP contribution < -0.4 is 4.40 Å². The van der Waals surface area contributed by atoms with E-state index in [1.54, 1.807) is 6.07 Å². The summed E-state index contributed by atoms with van der Waals surface area (Å²) in [5.41, 5.74) is 0.865. The number of aryl methyl sites for hydroxylation is 1. The van der Waals surface area contributed by atoms with E-state index in [0.717, 1.165) is 22.5 Å². The number of carbonyl (C=O) groups is 1. The molecule has 3 aromatic carbocycles. The number of hydrogen-bond donors (Lipinski definition) is 1. The first-order valence-electron chi connectivity index (χ1n) is 12.3. The number of aliphatic hydroxyl groups excluding tert-OH is 1. The summed E-state index contributed by atoms with van der Waals surface area (Å²) in [6.07, 6.45) is -2.45. The summed E-state index contributed by atoms with van der Waals surface area (Å²) < 4.78 is 57.4. The molecule has 1 heterocycles. The Balaban J connectivity index is 0.000000623. The largest absolute Gasteiger partial charge is 0 e. The number of aromatic nitrogens is 1. The van der Waals surface area contributed by atoms with Crippen LogP contribution in [0.25, 0.3) is 33.2 Å². The van der Waals surface area contributed by atoms with E-state index in [0.29, 0.717) is 15.7 Å². The van der Waals surface area contributed by atoms with Gasteiger partial charge in [-0.3, -0.25) is 4.79 Å². The number of fused-ring (bicyclic) bond motifs is 1. The Labute approximate surface area is 248 Å². The predicted molar refractivity (Wildman–Crippen MR) is 151 cm³/mol. The zero-order valence-corrected chi connectivity index (χ0v) is 27.5. The zero-order chi connectivity index (χ0) is 29.1. The Morgan fingerprint density at radius 3 is 2.20 bits per heavy atom. The summed E-state index contributed by atoms with van der Waals surface area (Å²) in [5, 5.41) is 10.3. The smallest absolute Gasteiger partial charge is 0 e. The van der Waals surface area contributed by atoms with Crippen molar-refractivity contribution in [2.24, 2.45) is 0 Å². The molecule has 4 aromatic rings. The second-order valence-corrected chi connectivity index (χ2v) is 21.0. The van der Waals surface area contributed by atoms with Crippen LogP contribution in [0, 0.1) is 18.8 Å². The summed E-state index contributed by atoms with van der Waals surface area (Å²) in [6, 6.07) is 18.5. The van der Waals surface area contributed by atoms with E-state index in [4.69, 9.17) is 5.11 Å². The van der Waals surface area contributed by atoms with Crippen molar-refractivity contribution in [3.05, 3.63) is 95.6 Å². The van der Waals surface area contributed by atoms with Crippen LogP contribution in [-0.2, 0) is 31.1 Å². The van der Waals surface area contributed by atoms with Crippen LogP contribution in [0.15, 0.2) is 72.6 Å². The number of pyridine rings is 1. The molecule has 1 radical (unpaired) electrons. The maximum absolute atomic E-state index is 14.8. The Morgan fingerprint density at radius 2 is 1.65 bits per heavy atom. The third-order valence-electron chi connectivity index (χ3n) is 6.01. The monoisotopic (exact) mass is 791 g/mol. The Bertz CT molecular complexity index is 1560. The Kier molecular flexibility index (Phi) is 11.1. The van der Waals surface area contributed by atoms with Crippen LogP contribution in [0.1, 0.15) is 25.0 Å². The minimum Gasteiger partial charge on any atom is 0 e. The van der Waals surface area contributed by atoms with Gasteiger partial charge in [-0.15, -0.1) is 0 Å². The maximum Gasteiger partial charge on any atom is 0 e. The quantitative estimate of drug-likeness (QED) is 0.0744. The van der Waals surface area contributed by atoms with Gasteiger partial charge in [-0.2, -0.15) is 0 Å². The van der Waals surface area contributed by atoms with E-state index >= 15 is 0 Å². The predicted octanol–water partition coefficient (Wildman–Crippen LogP) is 8.42. The van der Waals surface area contributed by atoms with E-state index in [1.165, 1.54) is 38.1 Å². The number of nitrogens with zero attached hydrogens (tertiary/aromatic N) is 1. The third kappa shape index (κ3) is 8.35. The number of ketones is 1. The molecule has 0 aliphatic heterocycles. The summed E-state index contributed by atoms with van der Waals surface area (Å²) >= 11 is -2.52. The van der Waals surface area contributed by atoms with E-state index < -0.39 is 30.8 Å². The fourth-order valence-corrected chi connectivity index (χ4v) is 6.55. The van der Waals surface area contributed by atoms with Crippen LogP contribution >= 0.6 is 0 Å². The van der Waals surface area contributed by atoms with Crippen LogP contribution in [0.5, 0.6) is 0 Å². The van der Waals surface area contributed by atoms with Gasteiger partial charge in [0.25, 0.3) is 0 Å². The van der Waals surface area contributed by atoms with E-state index in [1.807, 2.05) is 54.5 Å². The molecular formula is C31H30F4GeIrNO2-. The first-order chi connectivity index (χ1) is 18.1. The van der Waals surface area contributed by atoms with Gasteiger partial charge in [0.2, 0.25) is 0 Å². The van der Waals surface area contributed by atoms with Crippen molar-refractivity contribution in [1.29, 1.82) is 0 Å². The van der Waals surface area contributed by atoms with Gasteiger partial charge >= 0.3 is 181 Å². The van der Waals surface area contributed by atoms with Crippen LogP contribution in [0.2, 0.25) is 17.3 Å². The molecule has 0 aliphatic rings. The molecule has 0 saturated carbocycles. The van der Waals surface area contributed by atoms with Gasteiger partial charge in [0, 0.05) is 26.2 Å². The van der Waals surface area contributed by atoms with Crippen LogP contribution in [0.3, 0.4) is 0 Å². The summed E-state index contributed by atoms with van der Waals surface area (Å²) in [4.78, 5) is 14.2.